The van der Waals surface area contributed by atoms with Gasteiger partial charge in [0.2, 0.25) is 15.9 Å². The Morgan fingerprint density at radius 3 is 2.50 bits per heavy atom. The summed E-state index contributed by atoms with van der Waals surface area (Å²) >= 11 is 1.13. The number of primary sulfonamides is 1. The number of aromatic nitrogens is 2. The smallest absolute Gasteiger partial charge is 0.262 e. The van der Waals surface area contributed by atoms with Crippen LogP contribution in [0.3, 0.4) is 0 Å². The Labute approximate surface area is 200 Å². The quantitative estimate of drug-likeness (QED) is 0.300. The number of nitrogens with two attached hydrogens (primary N) is 1. The van der Waals surface area contributed by atoms with Gasteiger partial charge in [-0.2, -0.15) is 0 Å². The van der Waals surface area contributed by atoms with Crippen LogP contribution >= 0.6 is 11.8 Å². The van der Waals surface area contributed by atoms with Crippen molar-refractivity contribution in [2.75, 3.05) is 11.1 Å². The van der Waals surface area contributed by atoms with Gasteiger partial charge in [-0.05, 0) is 42.8 Å². The van der Waals surface area contributed by atoms with E-state index in [0.29, 0.717) is 21.7 Å². The first kappa shape index (κ1) is 23.7. The van der Waals surface area contributed by atoms with E-state index in [1.165, 1.54) is 18.2 Å². The molecule has 0 aliphatic heterocycles. The van der Waals surface area contributed by atoms with Gasteiger partial charge in [0.25, 0.3) is 5.56 Å². The number of fused-ring (bicyclic) bond motifs is 1. The molecule has 4 rings (SSSR count). The van der Waals surface area contributed by atoms with E-state index in [9.17, 15) is 18.0 Å². The first-order valence-corrected chi connectivity index (χ1v) is 12.9. The van der Waals surface area contributed by atoms with Gasteiger partial charge in [0, 0.05) is 5.69 Å². The molecule has 4 aromatic rings. The topological polar surface area (TPSA) is 124 Å². The first-order chi connectivity index (χ1) is 16.2. The highest BCUT2D eigenvalue weighted by Gasteiger charge is 2.19. The number of rotatable bonds is 7. The maximum absolute atomic E-state index is 13.4. The zero-order valence-electron chi connectivity index (χ0n) is 18.2. The fraction of sp³-hybridized carbons (Fsp3) is 0.125. The van der Waals surface area contributed by atoms with Crippen molar-refractivity contribution in [3.63, 3.8) is 0 Å². The lowest BCUT2D eigenvalue weighted by Crippen LogP contribution is -2.27. The molecule has 1 aromatic heterocycles. The van der Waals surface area contributed by atoms with Gasteiger partial charge >= 0.3 is 0 Å². The van der Waals surface area contributed by atoms with Gasteiger partial charge in [-0.1, -0.05) is 60.3 Å². The van der Waals surface area contributed by atoms with Crippen molar-refractivity contribution in [3.8, 4) is 0 Å². The largest absolute Gasteiger partial charge is 0.325 e. The second-order valence-corrected chi connectivity index (χ2v) is 10.1. The standard InChI is InChI=1S/C24H22N4O4S2/c1-16(17-8-3-2-4-9-17)28-23(30)20-12-5-6-13-21(20)27-24(28)33-15-22(29)26-18-10-7-11-19(14-18)34(25,31)32/h2-14,16H,15H2,1H3,(H,26,29)(H2,25,31,32). The zero-order chi connectivity index (χ0) is 24.3. The van der Waals surface area contributed by atoms with Crippen LogP contribution in [0.15, 0.2) is 93.7 Å². The minimum absolute atomic E-state index is 0.0358. The fourth-order valence-electron chi connectivity index (χ4n) is 3.53. The normalized spacial score (nSPS) is 12.4. The van der Waals surface area contributed by atoms with E-state index >= 15 is 0 Å². The summed E-state index contributed by atoms with van der Waals surface area (Å²) in [6.07, 6.45) is 0. The van der Waals surface area contributed by atoms with Crippen molar-refractivity contribution in [3.05, 3.63) is 94.8 Å². The van der Waals surface area contributed by atoms with Crippen LogP contribution in [-0.2, 0) is 14.8 Å². The van der Waals surface area contributed by atoms with E-state index in [4.69, 9.17) is 5.14 Å². The molecule has 3 aromatic carbocycles. The average Bonchev–Trinajstić information content (AvgIpc) is 2.83. The Balaban J connectivity index is 1.62. The highest BCUT2D eigenvalue weighted by molar-refractivity contribution is 7.99. The van der Waals surface area contributed by atoms with Crippen LogP contribution in [-0.4, -0.2) is 29.6 Å². The lowest BCUT2D eigenvalue weighted by atomic mass is 10.1. The van der Waals surface area contributed by atoms with E-state index < -0.39 is 10.0 Å². The molecule has 0 bridgehead atoms. The molecule has 0 saturated heterocycles. The average molecular weight is 495 g/mol. The molecule has 0 saturated carbocycles. The Kier molecular flexibility index (Phi) is 6.82. The third-order valence-electron chi connectivity index (χ3n) is 5.22. The molecule has 1 unspecified atom stereocenters. The molecule has 0 radical (unpaired) electrons. The summed E-state index contributed by atoms with van der Waals surface area (Å²) in [7, 11) is -3.89. The number of benzene rings is 3. The van der Waals surface area contributed by atoms with Crippen LogP contribution in [0.5, 0.6) is 0 Å². The second-order valence-electron chi connectivity index (χ2n) is 7.58. The Morgan fingerprint density at radius 2 is 1.76 bits per heavy atom. The molecule has 3 N–H and O–H groups in total. The number of para-hydroxylation sites is 1. The summed E-state index contributed by atoms with van der Waals surface area (Å²) in [6, 6.07) is 22.1. The molecule has 0 aliphatic carbocycles. The predicted molar refractivity (Wildman–Crippen MR) is 133 cm³/mol. The molecule has 0 aliphatic rings. The van der Waals surface area contributed by atoms with Crippen molar-refractivity contribution in [1.82, 2.24) is 9.55 Å². The number of carbonyl (C=O) groups is 1. The molecule has 1 atom stereocenters. The molecule has 1 amide bonds. The van der Waals surface area contributed by atoms with Gasteiger partial charge in [-0.15, -0.1) is 0 Å². The summed E-state index contributed by atoms with van der Waals surface area (Å²) < 4.78 is 24.7. The Morgan fingerprint density at radius 1 is 1.06 bits per heavy atom. The number of thioether (sulfide) groups is 1. The van der Waals surface area contributed by atoms with Crippen LogP contribution in [0.1, 0.15) is 18.5 Å². The highest BCUT2D eigenvalue weighted by atomic mass is 32.2. The van der Waals surface area contributed by atoms with Crippen molar-refractivity contribution >= 4 is 44.3 Å². The molecular formula is C24H22N4O4S2. The first-order valence-electron chi connectivity index (χ1n) is 10.4. The lowest BCUT2D eigenvalue weighted by molar-refractivity contribution is -0.113. The Hall–Kier alpha value is -3.47. The maximum atomic E-state index is 13.4. The van der Waals surface area contributed by atoms with Crippen LogP contribution in [0.4, 0.5) is 5.69 Å². The van der Waals surface area contributed by atoms with Crippen molar-refractivity contribution in [2.45, 2.75) is 23.0 Å². The van der Waals surface area contributed by atoms with Crippen LogP contribution < -0.4 is 16.0 Å². The predicted octanol–water partition coefficient (Wildman–Crippen LogP) is 3.38. The zero-order valence-corrected chi connectivity index (χ0v) is 19.8. The Bertz CT molecular complexity index is 1520. The van der Waals surface area contributed by atoms with Gasteiger partial charge in [-0.25, -0.2) is 18.5 Å². The number of amides is 1. The van der Waals surface area contributed by atoms with Gasteiger partial charge in [0.05, 0.1) is 27.6 Å². The van der Waals surface area contributed by atoms with Crippen LogP contribution in [0.2, 0.25) is 0 Å². The number of nitrogens with one attached hydrogen (secondary N) is 1. The summed E-state index contributed by atoms with van der Waals surface area (Å²) in [5.74, 6) is -0.413. The van der Waals surface area contributed by atoms with Crippen molar-refractivity contribution < 1.29 is 13.2 Å². The monoisotopic (exact) mass is 494 g/mol. The maximum Gasteiger partial charge on any atom is 0.262 e. The molecule has 1 heterocycles. The number of nitrogens with zero attached hydrogens (tertiary/aromatic N) is 2. The molecule has 8 nitrogen and oxygen atoms in total. The van der Waals surface area contributed by atoms with Gasteiger partial charge < -0.3 is 5.32 Å². The number of anilines is 1. The van der Waals surface area contributed by atoms with E-state index in [1.54, 1.807) is 34.9 Å². The second kappa shape index (κ2) is 9.80. The van der Waals surface area contributed by atoms with Crippen LogP contribution in [0.25, 0.3) is 10.9 Å². The molecule has 10 heteroatoms. The van der Waals surface area contributed by atoms with Crippen molar-refractivity contribution in [2.24, 2.45) is 5.14 Å². The summed E-state index contributed by atoms with van der Waals surface area (Å²) in [6.45, 7) is 1.91. The van der Waals surface area contributed by atoms with Gasteiger partial charge in [0.1, 0.15) is 0 Å². The van der Waals surface area contributed by atoms with Crippen LogP contribution in [0, 0.1) is 0 Å². The van der Waals surface area contributed by atoms with E-state index in [1.807, 2.05) is 37.3 Å². The molecule has 0 spiro atoms. The molecule has 174 valence electrons. The van der Waals surface area contributed by atoms with Gasteiger partial charge in [-0.3, -0.25) is 14.2 Å². The summed E-state index contributed by atoms with van der Waals surface area (Å²) in [5, 5.41) is 8.73. The molecule has 34 heavy (non-hydrogen) atoms. The number of hydrogen-bond donors (Lipinski definition) is 2. The fourth-order valence-corrected chi connectivity index (χ4v) is 4.96. The lowest BCUT2D eigenvalue weighted by Gasteiger charge is -2.20. The van der Waals surface area contributed by atoms with E-state index in [2.05, 4.69) is 10.3 Å². The minimum atomic E-state index is -3.89. The number of hydrogen-bond acceptors (Lipinski definition) is 6. The molecular weight excluding hydrogens is 472 g/mol. The highest BCUT2D eigenvalue weighted by Crippen LogP contribution is 2.25. The van der Waals surface area contributed by atoms with E-state index in [0.717, 1.165) is 17.3 Å². The van der Waals surface area contributed by atoms with E-state index in [-0.39, 0.29) is 28.2 Å². The third-order valence-corrected chi connectivity index (χ3v) is 7.09. The summed E-state index contributed by atoms with van der Waals surface area (Å²) in [5.41, 5.74) is 1.60. The van der Waals surface area contributed by atoms with Crippen molar-refractivity contribution in [1.29, 1.82) is 0 Å². The van der Waals surface area contributed by atoms with Gasteiger partial charge in [0.15, 0.2) is 5.16 Å². The number of sulfonamides is 1. The third kappa shape index (κ3) is 5.19. The molecule has 0 fully saturated rings. The SMILES string of the molecule is CC(c1ccccc1)n1c(SCC(=O)Nc2cccc(S(N)(=O)=O)c2)nc2ccccc2c1=O. The number of carbonyl (C=O) groups excluding carboxylic acids is 1. The summed E-state index contributed by atoms with van der Waals surface area (Å²) in [4.78, 5) is 30.6. The minimum Gasteiger partial charge on any atom is -0.325 e.